The van der Waals surface area contributed by atoms with Crippen molar-refractivity contribution in [2.45, 2.75) is 26.3 Å². The molecule has 0 aliphatic carbocycles. The minimum absolute atomic E-state index is 0.471. The topological polar surface area (TPSA) is 44.1 Å². The van der Waals surface area contributed by atoms with Crippen molar-refractivity contribution in [1.82, 2.24) is 9.55 Å². The van der Waals surface area contributed by atoms with Gasteiger partial charge in [0.05, 0.1) is 12.9 Å². The minimum atomic E-state index is 0.471. The van der Waals surface area contributed by atoms with Crippen molar-refractivity contribution in [2.24, 2.45) is 0 Å². The predicted octanol–water partition coefficient (Wildman–Crippen LogP) is 1.51. The lowest BCUT2D eigenvalue weighted by molar-refractivity contribution is 0.111. The van der Waals surface area contributed by atoms with Gasteiger partial charge in [0.15, 0.2) is 6.29 Å². The van der Waals surface area contributed by atoms with E-state index in [9.17, 15) is 4.79 Å². The van der Waals surface area contributed by atoms with Gasteiger partial charge in [-0.3, -0.25) is 4.79 Å². The molecule has 0 unspecified atom stereocenters. The molecule has 78 valence electrons. The molecule has 14 heavy (non-hydrogen) atoms. The third-order valence-corrected chi connectivity index (χ3v) is 1.91. The zero-order chi connectivity index (χ0) is 10.2. The average molecular weight is 196 g/mol. The van der Waals surface area contributed by atoms with Crippen LogP contribution in [-0.4, -0.2) is 29.1 Å². The highest BCUT2D eigenvalue weighted by molar-refractivity contribution is 5.70. The van der Waals surface area contributed by atoms with E-state index in [1.54, 1.807) is 12.5 Å². The lowest BCUT2D eigenvalue weighted by atomic mass is 10.4. The Bertz CT molecular complexity index is 271. The Kier molecular flexibility index (Phi) is 4.93. The summed E-state index contributed by atoms with van der Waals surface area (Å²) in [4.78, 5) is 14.2. The van der Waals surface area contributed by atoms with Crippen LogP contribution in [0.1, 0.15) is 30.3 Å². The monoisotopic (exact) mass is 196 g/mol. The number of unbranched alkanes of at least 4 members (excludes halogenated alkanes) is 1. The zero-order valence-corrected chi connectivity index (χ0v) is 8.48. The Hall–Kier alpha value is -1.16. The molecule has 0 saturated carbocycles. The highest BCUT2D eigenvalue weighted by Crippen LogP contribution is 1.94. The molecule has 0 aliphatic rings. The summed E-state index contributed by atoms with van der Waals surface area (Å²) in [5.74, 6) is 0. The van der Waals surface area contributed by atoms with Gasteiger partial charge in [0.2, 0.25) is 0 Å². The smallest absolute Gasteiger partial charge is 0.169 e. The SMILES string of the molecule is CCCCOCCn1cnc(C=O)c1. The Balaban J connectivity index is 2.14. The van der Waals surface area contributed by atoms with Gasteiger partial charge >= 0.3 is 0 Å². The molecule has 1 rings (SSSR count). The molecule has 0 radical (unpaired) electrons. The Morgan fingerprint density at radius 3 is 3.07 bits per heavy atom. The second kappa shape index (κ2) is 6.32. The number of aldehydes is 1. The molecule has 0 saturated heterocycles. The third-order valence-electron chi connectivity index (χ3n) is 1.91. The molecule has 0 fully saturated rings. The number of nitrogens with zero attached hydrogens (tertiary/aromatic N) is 2. The van der Waals surface area contributed by atoms with Gasteiger partial charge in [-0.05, 0) is 6.42 Å². The zero-order valence-electron chi connectivity index (χ0n) is 8.48. The summed E-state index contributed by atoms with van der Waals surface area (Å²) in [6.45, 7) is 4.38. The maximum Gasteiger partial charge on any atom is 0.169 e. The average Bonchev–Trinajstić information content (AvgIpc) is 2.65. The van der Waals surface area contributed by atoms with Gasteiger partial charge in [-0.2, -0.15) is 0 Å². The first-order valence-corrected chi connectivity index (χ1v) is 4.91. The van der Waals surface area contributed by atoms with E-state index in [4.69, 9.17) is 4.74 Å². The maximum atomic E-state index is 10.3. The van der Waals surface area contributed by atoms with Crippen LogP contribution in [0.15, 0.2) is 12.5 Å². The van der Waals surface area contributed by atoms with Gasteiger partial charge in [-0.1, -0.05) is 13.3 Å². The molecule has 0 bridgehead atoms. The van der Waals surface area contributed by atoms with Crippen LogP contribution in [0, 0.1) is 0 Å². The van der Waals surface area contributed by atoms with Gasteiger partial charge in [-0.15, -0.1) is 0 Å². The Morgan fingerprint density at radius 2 is 2.43 bits per heavy atom. The molecular formula is C10H16N2O2. The van der Waals surface area contributed by atoms with E-state index in [2.05, 4.69) is 11.9 Å². The molecule has 1 aromatic heterocycles. The second-order valence-corrected chi connectivity index (χ2v) is 3.12. The lowest BCUT2D eigenvalue weighted by Crippen LogP contribution is -2.04. The van der Waals surface area contributed by atoms with Crippen molar-refractivity contribution in [2.75, 3.05) is 13.2 Å². The van der Waals surface area contributed by atoms with Crippen LogP contribution < -0.4 is 0 Å². The van der Waals surface area contributed by atoms with Crippen molar-refractivity contribution < 1.29 is 9.53 Å². The standard InChI is InChI=1S/C10H16N2O2/c1-2-3-5-14-6-4-12-7-10(8-13)11-9-12/h7-9H,2-6H2,1H3. The summed E-state index contributed by atoms with van der Waals surface area (Å²) in [5, 5.41) is 0. The van der Waals surface area contributed by atoms with Crippen molar-refractivity contribution in [3.63, 3.8) is 0 Å². The number of carbonyl (C=O) groups excluding carboxylic acids is 1. The van der Waals surface area contributed by atoms with Gasteiger partial charge in [-0.25, -0.2) is 4.98 Å². The van der Waals surface area contributed by atoms with E-state index >= 15 is 0 Å². The molecule has 0 aliphatic heterocycles. The summed E-state index contributed by atoms with van der Waals surface area (Å²) in [5.41, 5.74) is 0.471. The number of imidazole rings is 1. The molecule has 0 spiro atoms. The fraction of sp³-hybridized carbons (Fsp3) is 0.600. The molecule has 1 heterocycles. The molecule has 0 aromatic carbocycles. The largest absolute Gasteiger partial charge is 0.380 e. The summed E-state index contributed by atoms with van der Waals surface area (Å²) in [6.07, 6.45) is 6.36. The minimum Gasteiger partial charge on any atom is -0.380 e. The molecule has 0 N–H and O–H groups in total. The van der Waals surface area contributed by atoms with Crippen LogP contribution in [0.4, 0.5) is 0 Å². The van der Waals surface area contributed by atoms with Crippen molar-refractivity contribution >= 4 is 6.29 Å². The van der Waals surface area contributed by atoms with Crippen LogP contribution in [0.2, 0.25) is 0 Å². The summed E-state index contributed by atoms with van der Waals surface area (Å²) in [6, 6.07) is 0. The van der Waals surface area contributed by atoms with Gasteiger partial charge in [0.1, 0.15) is 5.69 Å². The molecular weight excluding hydrogens is 180 g/mol. The number of rotatable bonds is 7. The van der Waals surface area contributed by atoms with Crippen LogP contribution in [0.25, 0.3) is 0 Å². The van der Waals surface area contributed by atoms with E-state index in [1.165, 1.54) is 0 Å². The van der Waals surface area contributed by atoms with Crippen molar-refractivity contribution in [3.8, 4) is 0 Å². The number of hydrogen-bond donors (Lipinski definition) is 0. The normalized spacial score (nSPS) is 10.4. The highest BCUT2D eigenvalue weighted by Gasteiger charge is 1.95. The first-order chi connectivity index (χ1) is 6.86. The second-order valence-electron chi connectivity index (χ2n) is 3.12. The highest BCUT2D eigenvalue weighted by atomic mass is 16.5. The van der Waals surface area contributed by atoms with E-state index in [1.807, 2.05) is 4.57 Å². The molecule has 4 heteroatoms. The molecule has 1 aromatic rings. The van der Waals surface area contributed by atoms with Gasteiger partial charge in [0, 0.05) is 19.3 Å². The molecule has 0 atom stereocenters. The Morgan fingerprint density at radius 1 is 1.57 bits per heavy atom. The first-order valence-electron chi connectivity index (χ1n) is 4.91. The third kappa shape index (κ3) is 3.70. The summed E-state index contributed by atoms with van der Waals surface area (Å²) >= 11 is 0. The fourth-order valence-corrected chi connectivity index (χ4v) is 1.08. The summed E-state index contributed by atoms with van der Waals surface area (Å²) < 4.78 is 7.24. The number of ether oxygens (including phenoxy) is 1. The molecule has 0 amide bonds. The van der Waals surface area contributed by atoms with Crippen LogP contribution >= 0.6 is 0 Å². The van der Waals surface area contributed by atoms with Crippen LogP contribution in [0.5, 0.6) is 0 Å². The molecule has 4 nitrogen and oxygen atoms in total. The van der Waals surface area contributed by atoms with E-state index in [0.29, 0.717) is 12.3 Å². The fourth-order valence-electron chi connectivity index (χ4n) is 1.08. The predicted molar refractivity (Wildman–Crippen MR) is 53.3 cm³/mol. The quantitative estimate of drug-likeness (QED) is 0.490. The van der Waals surface area contributed by atoms with Crippen LogP contribution in [-0.2, 0) is 11.3 Å². The van der Waals surface area contributed by atoms with Gasteiger partial charge in [0.25, 0.3) is 0 Å². The number of carbonyl (C=O) groups is 1. The van der Waals surface area contributed by atoms with Gasteiger partial charge < -0.3 is 9.30 Å². The first kappa shape index (κ1) is 10.9. The van der Waals surface area contributed by atoms with Crippen molar-refractivity contribution in [3.05, 3.63) is 18.2 Å². The van der Waals surface area contributed by atoms with E-state index in [-0.39, 0.29) is 0 Å². The Labute approximate surface area is 83.9 Å². The summed E-state index contributed by atoms with van der Waals surface area (Å²) in [7, 11) is 0. The van der Waals surface area contributed by atoms with Crippen molar-refractivity contribution in [1.29, 1.82) is 0 Å². The maximum absolute atomic E-state index is 10.3. The van der Waals surface area contributed by atoms with E-state index < -0.39 is 0 Å². The lowest BCUT2D eigenvalue weighted by Gasteiger charge is -2.03. The van der Waals surface area contributed by atoms with Crippen LogP contribution in [0.3, 0.4) is 0 Å². The number of aromatic nitrogens is 2. The van der Waals surface area contributed by atoms with E-state index in [0.717, 1.165) is 32.3 Å². The number of hydrogen-bond acceptors (Lipinski definition) is 3.